The second-order valence-corrected chi connectivity index (χ2v) is 6.13. The van der Waals surface area contributed by atoms with Crippen molar-refractivity contribution >= 4 is 28.4 Å². The van der Waals surface area contributed by atoms with Crippen LogP contribution in [0.2, 0.25) is 5.02 Å². The first-order valence-corrected chi connectivity index (χ1v) is 8.05. The largest absolute Gasteiger partial charge is 0.396 e. The molecular weight excluding hydrogens is 300 g/mol. The Morgan fingerprint density at radius 2 is 2.18 bits per heavy atom. The molecule has 1 saturated heterocycles. The predicted molar refractivity (Wildman–Crippen MR) is 87.1 cm³/mol. The van der Waals surface area contributed by atoms with Crippen LogP contribution in [0.3, 0.4) is 0 Å². The molecule has 3 rings (SSSR count). The van der Waals surface area contributed by atoms with Gasteiger partial charge in [-0.05, 0) is 43.9 Å². The second kappa shape index (κ2) is 6.63. The Balaban J connectivity index is 1.84. The summed E-state index contributed by atoms with van der Waals surface area (Å²) < 4.78 is 0. The molecule has 0 radical (unpaired) electrons. The van der Waals surface area contributed by atoms with Crippen LogP contribution in [-0.2, 0) is 0 Å². The predicted octanol–water partition coefficient (Wildman–Crippen LogP) is 3.27. The summed E-state index contributed by atoms with van der Waals surface area (Å²) in [5.41, 5.74) is 1.20. The number of likely N-dealkylation sites (tertiary alicyclic amines) is 1. The van der Waals surface area contributed by atoms with E-state index in [0.717, 1.165) is 43.1 Å². The zero-order valence-electron chi connectivity index (χ0n) is 12.3. The van der Waals surface area contributed by atoms with Crippen molar-refractivity contribution in [2.24, 2.45) is 0 Å². The van der Waals surface area contributed by atoms with Crippen LogP contribution < -0.4 is 0 Å². The third-order valence-corrected chi connectivity index (χ3v) is 4.44. The van der Waals surface area contributed by atoms with Gasteiger partial charge in [0, 0.05) is 29.6 Å². The number of aromatic nitrogens is 1. The SMILES string of the molecule is O=C(c1ccc2ccc(Cl)cc2n1)N1CCCC1CCCO. The zero-order chi connectivity index (χ0) is 15.5. The third kappa shape index (κ3) is 3.08. The summed E-state index contributed by atoms with van der Waals surface area (Å²) in [4.78, 5) is 19.1. The quantitative estimate of drug-likeness (QED) is 0.941. The maximum Gasteiger partial charge on any atom is 0.272 e. The van der Waals surface area contributed by atoms with E-state index in [0.29, 0.717) is 10.7 Å². The van der Waals surface area contributed by atoms with E-state index in [1.54, 1.807) is 12.1 Å². The van der Waals surface area contributed by atoms with Crippen molar-refractivity contribution in [3.8, 4) is 0 Å². The van der Waals surface area contributed by atoms with Gasteiger partial charge in [-0.25, -0.2) is 4.98 Å². The molecule has 1 aliphatic rings. The molecule has 116 valence electrons. The number of hydrogen-bond donors (Lipinski definition) is 1. The van der Waals surface area contributed by atoms with Crippen LogP contribution in [0.25, 0.3) is 10.9 Å². The molecular formula is C17H19ClN2O2. The molecule has 0 bridgehead atoms. The first kappa shape index (κ1) is 15.3. The van der Waals surface area contributed by atoms with Crippen molar-refractivity contribution in [3.63, 3.8) is 0 Å². The molecule has 2 aromatic rings. The highest BCUT2D eigenvalue weighted by Gasteiger charge is 2.29. The van der Waals surface area contributed by atoms with Crippen molar-refractivity contribution in [2.75, 3.05) is 13.2 Å². The van der Waals surface area contributed by atoms with Gasteiger partial charge in [0.05, 0.1) is 5.52 Å². The summed E-state index contributed by atoms with van der Waals surface area (Å²) in [5, 5.41) is 10.6. The van der Waals surface area contributed by atoms with E-state index in [4.69, 9.17) is 16.7 Å². The summed E-state index contributed by atoms with van der Waals surface area (Å²) in [5.74, 6) is -0.0256. The van der Waals surface area contributed by atoms with Gasteiger partial charge in [-0.3, -0.25) is 4.79 Å². The van der Waals surface area contributed by atoms with Gasteiger partial charge in [0.2, 0.25) is 0 Å². The maximum atomic E-state index is 12.7. The normalized spacial score (nSPS) is 18.1. The fraction of sp³-hybridized carbons (Fsp3) is 0.412. The van der Waals surface area contributed by atoms with Gasteiger partial charge < -0.3 is 10.0 Å². The van der Waals surface area contributed by atoms with Gasteiger partial charge in [0.15, 0.2) is 0 Å². The minimum Gasteiger partial charge on any atom is -0.396 e. The van der Waals surface area contributed by atoms with Crippen molar-refractivity contribution in [2.45, 2.75) is 31.7 Å². The number of benzene rings is 1. The van der Waals surface area contributed by atoms with E-state index >= 15 is 0 Å². The number of rotatable bonds is 4. The number of nitrogens with zero attached hydrogens (tertiary/aromatic N) is 2. The number of hydrogen-bond acceptors (Lipinski definition) is 3. The molecule has 1 aromatic carbocycles. The Morgan fingerprint density at radius 3 is 3.00 bits per heavy atom. The van der Waals surface area contributed by atoms with E-state index in [9.17, 15) is 4.79 Å². The lowest BCUT2D eigenvalue weighted by atomic mass is 10.1. The van der Waals surface area contributed by atoms with Gasteiger partial charge >= 0.3 is 0 Å². The zero-order valence-corrected chi connectivity index (χ0v) is 13.1. The van der Waals surface area contributed by atoms with E-state index in [1.807, 2.05) is 23.1 Å². The standard InChI is InChI=1S/C17H19ClN2O2/c18-13-7-5-12-6-8-15(19-16(12)11-13)17(22)20-9-1-3-14(20)4-2-10-21/h5-8,11,14,21H,1-4,9-10H2. The lowest BCUT2D eigenvalue weighted by Gasteiger charge is -2.24. The van der Waals surface area contributed by atoms with Crippen molar-refractivity contribution in [3.05, 3.63) is 41.0 Å². The van der Waals surface area contributed by atoms with Crippen LogP contribution in [-0.4, -0.2) is 40.1 Å². The molecule has 1 amide bonds. The number of aliphatic hydroxyl groups is 1. The topological polar surface area (TPSA) is 53.4 Å². The molecule has 0 spiro atoms. The summed E-state index contributed by atoms with van der Waals surface area (Å²) >= 11 is 6.00. The minimum absolute atomic E-state index is 0.0256. The summed E-state index contributed by atoms with van der Waals surface area (Å²) in [6.45, 7) is 0.940. The minimum atomic E-state index is -0.0256. The molecule has 1 atom stereocenters. The van der Waals surface area contributed by atoms with E-state index in [1.165, 1.54) is 0 Å². The fourth-order valence-electron chi connectivity index (χ4n) is 3.09. The average molecular weight is 319 g/mol. The van der Waals surface area contributed by atoms with Crippen LogP contribution in [0.1, 0.15) is 36.2 Å². The molecule has 5 heteroatoms. The Kier molecular flexibility index (Phi) is 4.60. The average Bonchev–Trinajstić information content (AvgIpc) is 2.99. The molecule has 22 heavy (non-hydrogen) atoms. The van der Waals surface area contributed by atoms with E-state index < -0.39 is 0 Å². The molecule has 1 aromatic heterocycles. The number of aliphatic hydroxyl groups excluding tert-OH is 1. The van der Waals surface area contributed by atoms with Crippen LogP contribution in [0.15, 0.2) is 30.3 Å². The number of pyridine rings is 1. The van der Waals surface area contributed by atoms with E-state index in [-0.39, 0.29) is 18.6 Å². The maximum absolute atomic E-state index is 12.7. The van der Waals surface area contributed by atoms with Gasteiger partial charge in [0.25, 0.3) is 5.91 Å². The van der Waals surface area contributed by atoms with Gasteiger partial charge in [-0.2, -0.15) is 0 Å². The van der Waals surface area contributed by atoms with Crippen LogP contribution in [0.4, 0.5) is 0 Å². The van der Waals surface area contributed by atoms with Crippen molar-refractivity contribution < 1.29 is 9.90 Å². The Labute approximate surface area is 134 Å². The molecule has 1 fully saturated rings. The highest BCUT2D eigenvalue weighted by atomic mass is 35.5. The fourth-order valence-corrected chi connectivity index (χ4v) is 3.25. The molecule has 1 aliphatic heterocycles. The number of halogens is 1. The molecule has 4 nitrogen and oxygen atoms in total. The van der Waals surface area contributed by atoms with E-state index in [2.05, 4.69) is 4.98 Å². The monoisotopic (exact) mass is 318 g/mol. The van der Waals surface area contributed by atoms with Gasteiger partial charge in [0.1, 0.15) is 5.69 Å². The first-order valence-electron chi connectivity index (χ1n) is 7.67. The Morgan fingerprint density at radius 1 is 1.36 bits per heavy atom. The molecule has 0 saturated carbocycles. The lowest BCUT2D eigenvalue weighted by Crippen LogP contribution is -2.36. The summed E-state index contributed by atoms with van der Waals surface area (Å²) in [6, 6.07) is 9.40. The number of carbonyl (C=O) groups excluding carboxylic acids is 1. The number of carbonyl (C=O) groups is 1. The van der Waals surface area contributed by atoms with Crippen LogP contribution in [0, 0.1) is 0 Å². The third-order valence-electron chi connectivity index (χ3n) is 4.21. The summed E-state index contributed by atoms with van der Waals surface area (Å²) in [7, 11) is 0. The van der Waals surface area contributed by atoms with Gasteiger partial charge in [-0.15, -0.1) is 0 Å². The van der Waals surface area contributed by atoms with Crippen LogP contribution in [0.5, 0.6) is 0 Å². The Hall–Kier alpha value is -1.65. The first-order chi connectivity index (χ1) is 10.7. The highest BCUT2D eigenvalue weighted by Crippen LogP contribution is 2.24. The number of amides is 1. The molecule has 1 N–H and O–H groups in total. The summed E-state index contributed by atoms with van der Waals surface area (Å²) in [6.07, 6.45) is 3.60. The number of fused-ring (bicyclic) bond motifs is 1. The smallest absolute Gasteiger partial charge is 0.272 e. The second-order valence-electron chi connectivity index (χ2n) is 5.69. The molecule has 2 heterocycles. The Bertz CT molecular complexity index is 689. The molecule has 1 unspecified atom stereocenters. The van der Waals surface area contributed by atoms with Crippen molar-refractivity contribution in [1.29, 1.82) is 0 Å². The van der Waals surface area contributed by atoms with Gasteiger partial charge in [-0.1, -0.05) is 23.7 Å². The van der Waals surface area contributed by atoms with Crippen LogP contribution >= 0.6 is 11.6 Å². The lowest BCUT2D eigenvalue weighted by molar-refractivity contribution is 0.0719. The highest BCUT2D eigenvalue weighted by molar-refractivity contribution is 6.31. The van der Waals surface area contributed by atoms with Crippen molar-refractivity contribution in [1.82, 2.24) is 9.88 Å². The molecule has 0 aliphatic carbocycles.